The first kappa shape index (κ1) is 17.6. The van der Waals surface area contributed by atoms with E-state index >= 15 is 0 Å². The van der Waals surface area contributed by atoms with E-state index < -0.39 is 4.92 Å². The molecule has 0 saturated carbocycles. The first-order chi connectivity index (χ1) is 12.5. The van der Waals surface area contributed by atoms with Gasteiger partial charge in [-0.3, -0.25) is 15.5 Å². The summed E-state index contributed by atoms with van der Waals surface area (Å²) >= 11 is 6.09. The van der Waals surface area contributed by atoms with Crippen molar-refractivity contribution >= 4 is 29.3 Å². The molecule has 3 aromatic rings. The van der Waals surface area contributed by atoms with E-state index in [9.17, 15) is 10.1 Å². The molecule has 3 rings (SSSR count). The van der Waals surface area contributed by atoms with E-state index in [1.807, 2.05) is 44.2 Å². The third kappa shape index (κ3) is 3.73. The summed E-state index contributed by atoms with van der Waals surface area (Å²) in [6.45, 7) is 4.01. The number of anilines is 1. The number of nitro groups is 1. The van der Waals surface area contributed by atoms with Gasteiger partial charge in [0, 0.05) is 33.7 Å². The molecule has 0 aliphatic carbocycles. The molecule has 0 amide bonds. The Labute approximate surface area is 155 Å². The maximum atomic E-state index is 10.6. The normalized spacial score (nSPS) is 11.0. The Kier molecular flexibility index (Phi) is 4.99. The van der Waals surface area contributed by atoms with Crippen molar-refractivity contribution in [2.75, 3.05) is 5.43 Å². The van der Waals surface area contributed by atoms with Gasteiger partial charge < -0.3 is 4.57 Å². The molecule has 0 aliphatic rings. The van der Waals surface area contributed by atoms with Crippen LogP contribution in [0.5, 0.6) is 0 Å². The van der Waals surface area contributed by atoms with Crippen molar-refractivity contribution in [3.8, 4) is 5.69 Å². The number of nitrogens with one attached hydrogen (secondary N) is 1. The molecule has 0 unspecified atom stereocenters. The number of nitrogens with zero attached hydrogens (tertiary/aromatic N) is 4. The second-order valence-corrected chi connectivity index (χ2v) is 6.11. The zero-order valence-electron chi connectivity index (χ0n) is 14.2. The summed E-state index contributed by atoms with van der Waals surface area (Å²) in [5.41, 5.74) is 6.70. The molecule has 0 atom stereocenters. The minimum Gasteiger partial charge on any atom is -0.318 e. The predicted molar refractivity (Wildman–Crippen MR) is 102 cm³/mol. The number of hydrogen-bond acceptors (Lipinski definition) is 5. The van der Waals surface area contributed by atoms with E-state index in [-0.39, 0.29) is 5.69 Å². The smallest absolute Gasteiger partial charge is 0.287 e. The number of benzene rings is 1. The van der Waals surface area contributed by atoms with Gasteiger partial charge in [-0.1, -0.05) is 17.7 Å². The van der Waals surface area contributed by atoms with Gasteiger partial charge in [0.05, 0.1) is 11.1 Å². The van der Waals surface area contributed by atoms with Gasteiger partial charge in [0.1, 0.15) is 12.0 Å². The Hall–Kier alpha value is -3.19. The molecular formula is C18H16ClN5O2. The summed E-state index contributed by atoms with van der Waals surface area (Å²) in [7, 11) is 0. The fraction of sp³-hybridized carbons (Fsp3) is 0.111. The van der Waals surface area contributed by atoms with Crippen molar-refractivity contribution in [1.29, 1.82) is 0 Å². The van der Waals surface area contributed by atoms with Crippen LogP contribution in [0.2, 0.25) is 5.02 Å². The van der Waals surface area contributed by atoms with Crippen molar-refractivity contribution in [2.24, 2.45) is 5.10 Å². The van der Waals surface area contributed by atoms with Crippen LogP contribution in [0.15, 0.2) is 53.8 Å². The van der Waals surface area contributed by atoms with Crippen LogP contribution in [-0.2, 0) is 0 Å². The molecule has 0 bridgehead atoms. The van der Waals surface area contributed by atoms with Crippen LogP contribution in [0, 0.1) is 24.0 Å². The molecule has 7 nitrogen and oxygen atoms in total. The van der Waals surface area contributed by atoms with Crippen LogP contribution in [0.4, 0.5) is 11.5 Å². The summed E-state index contributed by atoms with van der Waals surface area (Å²) in [5.74, 6) is 0.426. The zero-order chi connectivity index (χ0) is 18.7. The van der Waals surface area contributed by atoms with E-state index in [1.54, 1.807) is 6.21 Å². The number of hydrogen-bond donors (Lipinski definition) is 1. The number of pyridine rings is 1. The van der Waals surface area contributed by atoms with Gasteiger partial charge in [-0.05, 0) is 44.2 Å². The van der Waals surface area contributed by atoms with Crippen molar-refractivity contribution in [3.63, 3.8) is 0 Å². The van der Waals surface area contributed by atoms with Crippen LogP contribution >= 0.6 is 11.6 Å². The van der Waals surface area contributed by atoms with E-state index in [1.165, 1.54) is 18.3 Å². The van der Waals surface area contributed by atoms with Crippen LogP contribution < -0.4 is 5.43 Å². The Morgan fingerprint density at radius 1 is 1.27 bits per heavy atom. The molecule has 2 heterocycles. The molecule has 1 aromatic carbocycles. The largest absolute Gasteiger partial charge is 0.318 e. The average molecular weight is 370 g/mol. The third-order valence-electron chi connectivity index (χ3n) is 3.88. The van der Waals surface area contributed by atoms with Crippen LogP contribution in [-0.4, -0.2) is 20.7 Å². The molecule has 0 saturated heterocycles. The SMILES string of the molecule is Cc1cc(/C=N/Nc2ccc([N+](=O)[O-])cn2)c(C)n1-c1cccc(Cl)c1. The number of aromatic nitrogens is 2. The number of rotatable bonds is 5. The Morgan fingerprint density at radius 2 is 2.08 bits per heavy atom. The van der Waals surface area contributed by atoms with Crippen molar-refractivity contribution < 1.29 is 4.92 Å². The van der Waals surface area contributed by atoms with Crippen LogP contribution in [0.25, 0.3) is 5.69 Å². The maximum absolute atomic E-state index is 10.6. The molecular weight excluding hydrogens is 354 g/mol. The van der Waals surface area contributed by atoms with Crippen LogP contribution in [0.1, 0.15) is 17.0 Å². The van der Waals surface area contributed by atoms with Crippen molar-refractivity contribution in [1.82, 2.24) is 9.55 Å². The lowest BCUT2D eigenvalue weighted by atomic mass is 10.2. The minimum absolute atomic E-state index is 0.0652. The van der Waals surface area contributed by atoms with Gasteiger partial charge in [-0.25, -0.2) is 4.98 Å². The minimum atomic E-state index is -0.495. The summed E-state index contributed by atoms with van der Waals surface area (Å²) in [5, 5.41) is 15.5. The summed E-state index contributed by atoms with van der Waals surface area (Å²) in [6.07, 6.45) is 2.87. The monoisotopic (exact) mass is 369 g/mol. The molecule has 0 radical (unpaired) electrons. The topological polar surface area (TPSA) is 85.3 Å². The molecule has 26 heavy (non-hydrogen) atoms. The third-order valence-corrected chi connectivity index (χ3v) is 4.11. The van der Waals surface area contributed by atoms with Gasteiger partial charge in [-0.15, -0.1) is 0 Å². The molecule has 0 aliphatic heterocycles. The Balaban J connectivity index is 1.79. The van der Waals surface area contributed by atoms with Gasteiger partial charge in [-0.2, -0.15) is 5.10 Å². The van der Waals surface area contributed by atoms with E-state index in [0.29, 0.717) is 10.8 Å². The first-order valence-corrected chi connectivity index (χ1v) is 8.18. The van der Waals surface area contributed by atoms with Crippen molar-refractivity contribution in [2.45, 2.75) is 13.8 Å². The van der Waals surface area contributed by atoms with E-state index in [2.05, 4.69) is 20.1 Å². The fourth-order valence-corrected chi connectivity index (χ4v) is 2.84. The molecule has 132 valence electrons. The maximum Gasteiger partial charge on any atom is 0.287 e. The Bertz CT molecular complexity index is 980. The highest BCUT2D eigenvalue weighted by molar-refractivity contribution is 6.30. The number of hydrazone groups is 1. The quantitative estimate of drug-likeness (QED) is 0.407. The fourth-order valence-electron chi connectivity index (χ4n) is 2.66. The lowest BCUT2D eigenvalue weighted by Crippen LogP contribution is -2.00. The Morgan fingerprint density at radius 3 is 2.73 bits per heavy atom. The van der Waals surface area contributed by atoms with Gasteiger partial charge >= 0.3 is 0 Å². The van der Waals surface area contributed by atoms with E-state index in [4.69, 9.17) is 11.6 Å². The van der Waals surface area contributed by atoms with E-state index in [0.717, 1.165) is 22.6 Å². The summed E-state index contributed by atoms with van der Waals surface area (Å²) < 4.78 is 2.09. The summed E-state index contributed by atoms with van der Waals surface area (Å²) in [4.78, 5) is 14.1. The standard InChI is InChI=1S/C18H16ClN5O2/c1-12-8-14(13(2)23(12)16-5-3-4-15(19)9-16)10-21-22-18-7-6-17(11-20-18)24(25)26/h3-11H,1-2H3,(H,20,22)/b21-10+. The highest BCUT2D eigenvalue weighted by Gasteiger charge is 2.10. The second kappa shape index (κ2) is 7.37. The summed E-state index contributed by atoms with van der Waals surface area (Å²) in [6, 6.07) is 12.5. The predicted octanol–water partition coefficient (Wildman–Crippen LogP) is 4.50. The molecule has 0 spiro atoms. The highest BCUT2D eigenvalue weighted by Crippen LogP contribution is 2.22. The average Bonchev–Trinajstić information content (AvgIpc) is 2.89. The molecule has 8 heteroatoms. The second-order valence-electron chi connectivity index (χ2n) is 5.67. The zero-order valence-corrected chi connectivity index (χ0v) is 14.9. The lowest BCUT2D eigenvalue weighted by Gasteiger charge is -2.09. The highest BCUT2D eigenvalue weighted by atomic mass is 35.5. The molecule has 2 aromatic heterocycles. The van der Waals surface area contributed by atoms with Gasteiger partial charge in [0.2, 0.25) is 0 Å². The number of halogens is 1. The van der Waals surface area contributed by atoms with Gasteiger partial charge in [0.25, 0.3) is 5.69 Å². The molecule has 0 fully saturated rings. The van der Waals surface area contributed by atoms with Gasteiger partial charge in [0.15, 0.2) is 0 Å². The van der Waals surface area contributed by atoms with Crippen LogP contribution in [0.3, 0.4) is 0 Å². The van der Waals surface area contributed by atoms with Crippen molar-refractivity contribution in [3.05, 3.63) is 80.7 Å². The molecule has 1 N–H and O–H groups in total. The number of aryl methyl sites for hydroxylation is 1. The first-order valence-electron chi connectivity index (χ1n) is 7.80. The lowest BCUT2D eigenvalue weighted by molar-refractivity contribution is -0.385.